The molecule has 1 aromatic rings. The first-order valence-corrected chi connectivity index (χ1v) is 14.1. The smallest absolute Gasteiger partial charge is 0.415 e. The topological polar surface area (TPSA) is 42.0 Å². The van der Waals surface area contributed by atoms with Gasteiger partial charge in [0, 0.05) is 19.1 Å². The summed E-state index contributed by atoms with van der Waals surface area (Å²) >= 11 is 0. The Kier molecular flexibility index (Phi) is 6.52. The maximum atomic E-state index is 14.3. The number of benzene rings is 1. The molecule has 2 bridgehead atoms. The Morgan fingerprint density at radius 2 is 1.77 bits per heavy atom. The highest BCUT2D eigenvalue weighted by atomic mass is 28.4. The molecule has 2 fully saturated rings. The summed E-state index contributed by atoms with van der Waals surface area (Å²) in [4.78, 5) is 16.2. The zero-order valence-electron chi connectivity index (χ0n) is 19.1. The van der Waals surface area contributed by atoms with E-state index in [0.29, 0.717) is 19.5 Å². The lowest BCUT2D eigenvalue weighted by Gasteiger charge is -2.46. The van der Waals surface area contributed by atoms with Crippen molar-refractivity contribution in [1.29, 1.82) is 0 Å². The van der Waals surface area contributed by atoms with Gasteiger partial charge in [-0.3, -0.25) is 4.90 Å². The minimum atomic E-state index is -4.54. The summed E-state index contributed by atoms with van der Waals surface area (Å²) in [5.41, 5.74) is 0.230. The molecule has 174 valence electrons. The molecule has 4 atom stereocenters. The molecule has 0 spiro atoms. The molecule has 0 aromatic heterocycles. The summed E-state index contributed by atoms with van der Waals surface area (Å²) in [6, 6.07) is 7.72. The van der Waals surface area contributed by atoms with Gasteiger partial charge in [-0.05, 0) is 52.4 Å². The third-order valence-electron chi connectivity index (χ3n) is 5.52. The summed E-state index contributed by atoms with van der Waals surface area (Å²) in [5, 5.41) is 0. The van der Waals surface area contributed by atoms with E-state index in [0.717, 1.165) is 5.56 Å². The first-order chi connectivity index (χ1) is 14.2. The lowest BCUT2D eigenvalue weighted by Crippen LogP contribution is -2.63. The Hall–Kier alpha value is -1.58. The Labute approximate surface area is 183 Å². The number of halogens is 3. The van der Waals surface area contributed by atoms with Gasteiger partial charge in [-0.1, -0.05) is 30.3 Å². The molecule has 2 aliphatic rings. The maximum Gasteiger partial charge on any atom is 0.415 e. The molecule has 2 saturated heterocycles. The Morgan fingerprint density at radius 3 is 2.29 bits per heavy atom. The van der Waals surface area contributed by atoms with E-state index in [1.165, 1.54) is 4.90 Å². The van der Waals surface area contributed by atoms with Crippen molar-refractivity contribution in [3.63, 3.8) is 0 Å². The van der Waals surface area contributed by atoms with Gasteiger partial charge in [0.2, 0.25) is 0 Å². The number of hydrogen-bond donors (Lipinski definition) is 0. The number of alkyl halides is 3. The van der Waals surface area contributed by atoms with E-state index in [2.05, 4.69) is 0 Å². The molecule has 1 aromatic carbocycles. The van der Waals surface area contributed by atoms with E-state index in [-0.39, 0.29) is 6.04 Å². The van der Waals surface area contributed by atoms with Gasteiger partial charge in [-0.25, -0.2) is 4.79 Å². The molecule has 31 heavy (non-hydrogen) atoms. The van der Waals surface area contributed by atoms with Crippen LogP contribution in [0.5, 0.6) is 0 Å². The minimum Gasteiger partial charge on any atom is -0.444 e. The Morgan fingerprint density at radius 1 is 1.16 bits per heavy atom. The molecule has 2 aliphatic heterocycles. The quantitative estimate of drug-likeness (QED) is 0.581. The van der Waals surface area contributed by atoms with E-state index < -0.39 is 44.4 Å². The summed E-state index contributed by atoms with van der Waals surface area (Å²) in [7, 11) is -2.52. The Bertz CT molecular complexity index is 777. The molecule has 1 unspecified atom stereocenters. The van der Waals surface area contributed by atoms with E-state index in [9.17, 15) is 18.0 Å². The molecule has 0 aliphatic carbocycles. The molecule has 2 heterocycles. The molecule has 0 N–H and O–H groups in total. The van der Waals surface area contributed by atoms with Crippen molar-refractivity contribution in [2.75, 3.05) is 6.54 Å². The lowest BCUT2D eigenvalue weighted by atomic mass is 10.0. The van der Waals surface area contributed by atoms with Crippen molar-refractivity contribution < 1.29 is 27.1 Å². The minimum absolute atomic E-state index is 0.169. The number of nitrogens with zero attached hydrogens (tertiary/aromatic N) is 2. The fraction of sp³-hybridized carbons (Fsp3) is 0.682. The van der Waals surface area contributed by atoms with Crippen molar-refractivity contribution in [2.45, 2.75) is 89.4 Å². The van der Waals surface area contributed by atoms with Crippen molar-refractivity contribution in [2.24, 2.45) is 0 Å². The summed E-state index contributed by atoms with van der Waals surface area (Å²) < 4.78 is 54.0. The number of carbonyl (C=O) groups excluding carboxylic acids is 1. The maximum absolute atomic E-state index is 14.3. The van der Waals surface area contributed by atoms with Crippen molar-refractivity contribution >= 4 is 14.4 Å². The van der Waals surface area contributed by atoms with Crippen molar-refractivity contribution in [3.8, 4) is 0 Å². The number of likely N-dealkylation sites (tertiary alicyclic amines) is 2. The number of amides is 1. The van der Waals surface area contributed by atoms with Crippen LogP contribution >= 0.6 is 0 Å². The summed E-state index contributed by atoms with van der Waals surface area (Å²) in [6.45, 7) is 11.3. The number of hydrogen-bond acceptors (Lipinski definition) is 4. The van der Waals surface area contributed by atoms with Gasteiger partial charge in [-0.2, -0.15) is 13.2 Å². The average molecular weight is 459 g/mol. The fourth-order valence-electron chi connectivity index (χ4n) is 4.52. The summed E-state index contributed by atoms with van der Waals surface area (Å²) in [6.07, 6.45) is -6.57. The molecule has 0 radical (unpaired) electrons. The van der Waals surface area contributed by atoms with Gasteiger partial charge < -0.3 is 14.1 Å². The molecule has 5 nitrogen and oxygen atoms in total. The monoisotopic (exact) mass is 458 g/mol. The normalized spacial score (nSPS) is 25.7. The predicted molar refractivity (Wildman–Crippen MR) is 115 cm³/mol. The van der Waals surface area contributed by atoms with E-state index in [1.807, 2.05) is 35.2 Å². The highest BCUT2D eigenvalue weighted by Crippen LogP contribution is 2.44. The second kappa shape index (κ2) is 8.40. The SMILES string of the molecule is CC(C)(C)OC(=O)N1C[C@@H]2C[C@H]1[C@@H](C(O[Si](C)(C)C)C(F)(F)F)N2Cc1ccccc1. The van der Waals surface area contributed by atoms with Gasteiger partial charge in [-0.15, -0.1) is 0 Å². The molecular weight excluding hydrogens is 425 g/mol. The molecule has 1 amide bonds. The number of rotatable bonds is 5. The third-order valence-corrected chi connectivity index (χ3v) is 6.48. The van der Waals surface area contributed by atoms with E-state index in [4.69, 9.17) is 9.16 Å². The van der Waals surface area contributed by atoms with Crippen molar-refractivity contribution in [1.82, 2.24) is 9.80 Å². The standard InChI is InChI=1S/C22H33F3N2O3Si/c1-21(2,3)29-20(28)27-14-16-12-17(27)18(19(22(23,24)25)30-31(4,5)6)26(16)13-15-10-8-7-9-11-15/h7-11,16-19H,12-14H2,1-6H3/t16-,17-,18-,19?/m0/s1. The largest absolute Gasteiger partial charge is 0.444 e. The van der Waals surface area contributed by atoms with Crippen LogP contribution in [0.15, 0.2) is 30.3 Å². The second-order valence-electron chi connectivity index (χ2n) is 10.4. The van der Waals surface area contributed by atoms with Gasteiger partial charge in [0.1, 0.15) is 5.60 Å². The molecule has 0 saturated carbocycles. The van der Waals surface area contributed by atoms with Crippen LogP contribution in [0.3, 0.4) is 0 Å². The van der Waals surface area contributed by atoms with Crippen LogP contribution < -0.4 is 0 Å². The number of carbonyl (C=O) groups is 1. The second-order valence-corrected chi connectivity index (χ2v) is 14.9. The van der Waals surface area contributed by atoms with Crippen LogP contribution in [0.25, 0.3) is 0 Å². The van der Waals surface area contributed by atoms with Crippen LogP contribution in [0.1, 0.15) is 32.8 Å². The van der Waals surface area contributed by atoms with Crippen LogP contribution in [0, 0.1) is 0 Å². The first kappa shape index (κ1) is 24.1. The lowest BCUT2D eigenvalue weighted by molar-refractivity contribution is -0.221. The molecular formula is C22H33F3N2O3Si. The highest BCUT2D eigenvalue weighted by Gasteiger charge is 2.61. The number of ether oxygens (including phenoxy) is 1. The zero-order valence-corrected chi connectivity index (χ0v) is 20.1. The first-order valence-electron chi connectivity index (χ1n) is 10.7. The molecule has 3 rings (SSSR count). The van der Waals surface area contributed by atoms with Crippen molar-refractivity contribution in [3.05, 3.63) is 35.9 Å². The average Bonchev–Trinajstić information content (AvgIpc) is 3.16. The third kappa shape index (κ3) is 5.81. The fourth-order valence-corrected chi connectivity index (χ4v) is 5.55. The predicted octanol–water partition coefficient (Wildman–Crippen LogP) is 5.03. The van der Waals surface area contributed by atoms with Gasteiger partial charge in [0.25, 0.3) is 0 Å². The van der Waals surface area contributed by atoms with Crippen LogP contribution in [0.2, 0.25) is 19.6 Å². The Balaban J connectivity index is 1.94. The van der Waals surface area contributed by atoms with Gasteiger partial charge in [0.05, 0.1) is 12.1 Å². The highest BCUT2D eigenvalue weighted by molar-refractivity contribution is 6.69. The van der Waals surface area contributed by atoms with E-state index in [1.54, 1.807) is 40.4 Å². The van der Waals surface area contributed by atoms with Crippen LogP contribution in [-0.2, 0) is 15.7 Å². The number of piperazine rings is 1. The van der Waals surface area contributed by atoms with Gasteiger partial charge >= 0.3 is 12.3 Å². The zero-order chi connectivity index (χ0) is 23.2. The van der Waals surface area contributed by atoms with E-state index >= 15 is 0 Å². The van der Waals surface area contributed by atoms with Crippen LogP contribution in [-0.4, -0.2) is 66.8 Å². The number of fused-ring (bicyclic) bond motifs is 2. The molecule has 9 heteroatoms. The van der Waals surface area contributed by atoms with Crippen LogP contribution in [0.4, 0.5) is 18.0 Å². The summed E-state index contributed by atoms with van der Waals surface area (Å²) in [5.74, 6) is 0. The van der Waals surface area contributed by atoms with Gasteiger partial charge in [0.15, 0.2) is 14.4 Å².